The first kappa shape index (κ1) is 15.9. The minimum Gasteiger partial charge on any atom is -0.378 e. The highest BCUT2D eigenvalue weighted by Crippen LogP contribution is 2.19. The third-order valence-corrected chi connectivity index (χ3v) is 3.88. The van der Waals surface area contributed by atoms with E-state index in [0.29, 0.717) is 11.3 Å². The van der Waals surface area contributed by atoms with E-state index in [1.807, 2.05) is 55.5 Å². The Balaban J connectivity index is 1.80. The summed E-state index contributed by atoms with van der Waals surface area (Å²) in [5, 5.41) is 16.4. The zero-order valence-electron chi connectivity index (χ0n) is 13.3. The fourth-order valence-electron chi connectivity index (χ4n) is 2.59. The summed E-state index contributed by atoms with van der Waals surface area (Å²) in [6.45, 7) is 1.83. The minimum atomic E-state index is -1.24. The van der Waals surface area contributed by atoms with E-state index in [2.05, 4.69) is 10.5 Å². The Bertz CT molecular complexity index is 883. The number of hydrazone groups is 1. The van der Waals surface area contributed by atoms with Crippen LogP contribution in [0.15, 0.2) is 77.9 Å². The number of carbonyl (C=O) groups is 1. The third kappa shape index (κ3) is 3.34. The van der Waals surface area contributed by atoms with Crippen molar-refractivity contribution >= 4 is 22.4 Å². The number of hydrogen-bond donors (Lipinski definition) is 2. The van der Waals surface area contributed by atoms with Crippen LogP contribution in [0.4, 0.5) is 0 Å². The third-order valence-electron chi connectivity index (χ3n) is 3.88. The summed E-state index contributed by atoms with van der Waals surface area (Å²) in [5.41, 5.74) is 4.61. The first-order chi connectivity index (χ1) is 11.7. The summed E-state index contributed by atoms with van der Waals surface area (Å²) in [7, 11) is 0. The van der Waals surface area contributed by atoms with Crippen LogP contribution in [0.3, 0.4) is 0 Å². The van der Waals surface area contributed by atoms with Gasteiger partial charge in [-0.2, -0.15) is 5.10 Å². The van der Waals surface area contributed by atoms with Crippen LogP contribution in [-0.4, -0.2) is 16.7 Å². The molecule has 0 bridgehead atoms. The lowest BCUT2D eigenvalue weighted by Crippen LogP contribution is -2.26. The maximum Gasteiger partial charge on any atom is 0.273 e. The molecule has 120 valence electrons. The highest BCUT2D eigenvalue weighted by Gasteiger charge is 2.16. The molecule has 0 radical (unpaired) electrons. The Kier molecular flexibility index (Phi) is 4.68. The molecule has 0 fully saturated rings. The van der Waals surface area contributed by atoms with Gasteiger partial charge in [0.1, 0.15) is 0 Å². The van der Waals surface area contributed by atoms with E-state index in [1.54, 1.807) is 24.3 Å². The highest BCUT2D eigenvalue weighted by atomic mass is 16.3. The second-order valence-electron chi connectivity index (χ2n) is 5.51. The van der Waals surface area contributed by atoms with Crippen LogP contribution in [0.1, 0.15) is 24.2 Å². The van der Waals surface area contributed by atoms with Crippen LogP contribution in [0.5, 0.6) is 0 Å². The number of benzene rings is 3. The molecule has 0 saturated heterocycles. The van der Waals surface area contributed by atoms with E-state index in [1.165, 1.54) is 0 Å². The van der Waals surface area contributed by atoms with E-state index in [9.17, 15) is 9.90 Å². The standard InChI is InChI=1S/C20H18N2O2/c1-14(17-13-7-11-15-8-5-6-12-18(15)17)21-22-20(24)19(23)16-9-3-2-4-10-16/h2-13,19,23H,1H3,(H,22,24)/b21-14-/t19-/m1/s1. The molecule has 0 aliphatic rings. The number of aliphatic hydroxyl groups is 1. The van der Waals surface area contributed by atoms with Gasteiger partial charge in [-0.1, -0.05) is 72.8 Å². The molecule has 0 aliphatic carbocycles. The van der Waals surface area contributed by atoms with E-state index in [-0.39, 0.29) is 0 Å². The van der Waals surface area contributed by atoms with Crippen LogP contribution < -0.4 is 5.43 Å². The molecule has 0 saturated carbocycles. The molecule has 4 nitrogen and oxygen atoms in total. The average molecular weight is 318 g/mol. The van der Waals surface area contributed by atoms with Gasteiger partial charge in [0.15, 0.2) is 6.10 Å². The Morgan fingerprint density at radius 1 is 0.958 bits per heavy atom. The van der Waals surface area contributed by atoms with Crippen LogP contribution in [0.2, 0.25) is 0 Å². The van der Waals surface area contributed by atoms with Crippen molar-refractivity contribution in [3.05, 3.63) is 83.9 Å². The van der Waals surface area contributed by atoms with Crippen LogP contribution in [0, 0.1) is 0 Å². The molecule has 3 aromatic rings. The predicted molar refractivity (Wildman–Crippen MR) is 95.7 cm³/mol. The van der Waals surface area contributed by atoms with E-state index < -0.39 is 12.0 Å². The maximum absolute atomic E-state index is 12.1. The van der Waals surface area contributed by atoms with Gasteiger partial charge >= 0.3 is 0 Å². The summed E-state index contributed by atoms with van der Waals surface area (Å²) >= 11 is 0. The van der Waals surface area contributed by atoms with Gasteiger partial charge < -0.3 is 5.11 Å². The van der Waals surface area contributed by atoms with Crippen LogP contribution >= 0.6 is 0 Å². The highest BCUT2D eigenvalue weighted by molar-refractivity contribution is 6.10. The molecule has 1 atom stereocenters. The van der Waals surface area contributed by atoms with Crippen LogP contribution in [-0.2, 0) is 4.79 Å². The first-order valence-electron chi connectivity index (χ1n) is 7.72. The molecule has 0 unspecified atom stereocenters. The van der Waals surface area contributed by atoms with Crippen molar-refractivity contribution in [1.82, 2.24) is 5.43 Å². The zero-order valence-corrected chi connectivity index (χ0v) is 13.3. The molecule has 24 heavy (non-hydrogen) atoms. The fourth-order valence-corrected chi connectivity index (χ4v) is 2.59. The minimum absolute atomic E-state index is 0.535. The van der Waals surface area contributed by atoms with Crippen molar-refractivity contribution in [3.8, 4) is 0 Å². The Morgan fingerprint density at radius 3 is 2.42 bits per heavy atom. The van der Waals surface area contributed by atoms with Gasteiger partial charge in [-0.05, 0) is 23.3 Å². The molecule has 1 amide bonds. The van der Waals surface area contributed by atoms with Gasteiger partial charge in [-0.15, -0.1) is 0 Å². The Hall–Kier alpha value is -2.98. The largest absolute Gasteiger partial charge is 0.378 e. The molecule has 3 rings (SSSR count). The number of nitrogens with zero attached hydrogens (tertiary/aromatic N) is 1. The van der Waals surface area contributed by atoms with Crippen molar-refractivity contribution in [1.29, 1.82) is 0 Å². The fraction of sp³-hybridized carbons (Fsp3) is 0.100. The Morgan fingerprint density at radius 2 is 1.62 bits per heavy atom. The number of fused-ring (bicyclic) bond motifs is 1. The van der Waals surface area contributed by atoms with Gasteiger partial charge in [-0.25, -0.2) is 5.43 Å². The Labute approximate surface area is 140 Å². The molecule has 2 N–H and O–H groups in total. The number of carbonyl (C=O) groups excluding carboxylic acids is 1. The monoisotopic (exact) mass is 318 g/mol. The quantitative estimate of drug-likeness (QED) is 0.572. The summed E-state index contributed by atoms with van der Waals surface area (Å²) < 4.78 is 0. The molecular formula is C20H18N2O2. The van der Waals surface area contributed by atoms with Gasteiger partial charge in [0.05, 0.1) is 5.71 Å². The molecule has 4 heteroatoms. The van der Waals surface area contributed by atoms with Gasteiger partial charge in [-0.3, -0.25) is 4.79 Å². The van der Waals surface area contributed by atoms with Gasteiger partial charge in [0.25, 0.3) is 5.91 Å². The van der Waals surface area contributed by atoms with Crippen molar-refractivity contribution in [2.45, 2.75) is 13.0 Å². The number of rotatable bonds is 4. The van der Waals surface area contributed by atoms with Gasteiger partial charge in [0.2, 0.25) is 0 Å². The number of aliphatic hydroxyl groups excluding tert-OH is 1. The molecule has 0 aromatic heterocycles. The lowest BCUT2D eigenvalue weighted by Gasteiger charge is -2.10. The zero-order chi connectivity index (χ0) is 16.9. The van der Waals surface area contributed by atoms with E-state index in [4.69, 9.17) is 0 Å². The number of nitrogens with one attached hydrogen (secondary N) is 1. The summed E-state index contributed by atoms with van der Waals surface area (Å²) in [6, 6.07) is 22.7. The lowest BCUT2D eigenvalue weighted by atomic mass is 10.0. The lowest BCUT2D eigenvalue weighted by molar-refractivity contribution is -0.129. The molecule has 0 aliphatic heterocycles. The summed E-state index contributed by atoms with van der Waals surface area (Å²) in [4.78, 5) is 12.1. The van der Waals surface area contributed by atoms with Gasteiger partial charge in [0, 0.05) is 5.56 Å². The number of hydrogen-bond acceptors (Lipinski definition) is 3. The van der Waals surface area contributed by atoms with Crippen molar-refractivity contribution in [2.24, 2.45) is 5.10 Å². The second-order valence-corrected chi connectivity index (χ2v) is 5.51. The average Bonchev–Trinajstić information content (AvgIpc) is 2.65. The molecule has 0 heterocycles. The predicted octanol–water partition coefficient (Wildman–Crippen LogP) is 3.41. The molecule has 3 aromatic carbocycles. The van der Waals surface area contributed by atoms with Crippen molar-refractivity contribution in [2.75, 3.05) is 0 Å². The van der Waals surface area contributed by atoms with Crippen LogP contribution in [0.25, 0.3) is 10.8 Å². The summed E-state index contributed by atoms with van der Waals surface area (Å²) in [5.74, 6) is -0.555. The smallest absolute Gasteiger partial charge is 0.273 e. The van der Waals surface area contributed by atoms with Crippen molar-refractivity contribution in [3.63, 3.8) is 0 Å². The van der Waals surface area contributed by atoms with E-state index >= 15 is 0 Å². The second kappa shape index (κ2) is 7.06. The topological polar surface area (TPSA) is 61.7 Å². The molecular weight excluding hydrogens is 300 g/mol. The first-order valence-corrected chi connectivity index (χ1v) is 7.72. The number of amides is 1. The molecule has 0 spiro atoms. The SMILES string of the molecule is C/C(=N/NC(=O)[C@H](O)c1ccccc1)c1cccc2ccccc12. The normalized spacial score (nSPS) is 12.8. The van der Waals surface area contributed by atoms with E-state index in [0.717, 1.165) is 16.3 Å². The van der Waals surface area contributed by atoms with Crippen molar-refractivity contribution < 1.29 is 9.90 Å². The summed E-state index contributed by atoms with van der Waals surface area (Å²) in [6.07, 6.45) is -1.24. The maximum atomic E-state index is 12.1.